The Morgan fingerprint density at radius 1 is 1.13 bits per heavy atom. The fraction of sp³-hybridized carbons (Fsp3) is 0.250. The van der Waals surface area contributed by atoms with Gasteiger partial charge in [-0.25, -0.2) is 0 Å². The molecule has 0 saturated carbocycles. The number of ether oxygens (including phenoxy) is 3. The molecule has 30 heavy (non-hydrogen) atoms. The number of fused-ring (bicyclic) bond motifs is 1. The highest BCUT2D eigenvalue weighted by atomic mass is 35.5. The molecule has 0 aliphatic rings. The molecule has 2 aromatic carbocycles. The molecule has 0 aliphatic heterocycles. The second-order valence-corrected chi connectivity index (χ2v) is 7.74. The second kappa shape index (κ2) is 9.51. The summed E-state index contributed by atoms with van der Waals surface area (Å²) in [5.41, 5.74) is 0.729. The van der Waals surface area contributed by atoms with Crippen molar-refractivity contribution in [3.63, 3.8) is 0 Å². The molecule has 0 aliphatic carbocycles. The molecule has 158 valence electrons. The minimum Gasteiger partial charge on any atom is -0.493 e. The number of hydrogen-bond donors (Lipinski definition) is 0. The highest BCUT2D eigenvalue weighted by Gasteiger charge is 2.19. The number of amides is 1. The van der Waals surface area contributed by atoms with E-state index < -0.39 is 11.9 Å². The van der Waals surface area contributed by atoms with Gasteiger partial charge < -0.3 is 18.8 Å². The lowest BCUT2D eigenvalue weighted by Gasteiger charge is -2.10. The van der Waals surface area contributed by atoms with Gasteiger partial charge in [0, 0.05) is 0 Å². The Balaban J connectivity index is 2.20. The highest BCUT2D eigenvalue weighted by Crippen LogP contribution is 2.33. The van der Waals surface area contributed by atoms with E-state index in [1.54, 1.807) is 37.3 Å². The predicted octanol–water partition coefficient (Wildman–Crippen LogP) is 4.33. The van der Waals surface area contributed by atoms with Crippen LogP contribution in [0.3, 0.4) is 0 Å². The van der Waals surface area contributed by atoms with E-state index in [4.69, 9.17) is 37.4 Å². The molecule has 0 saturated heterocycles. The van der Waals surface area contributed by atoms with Crippen molar-refractivity contribution in [1.29, 1.82) is 0 Å². The summed E-state index contributed by atoms with van der Waals surface area (Å²) in [6.45, 7) is 1.76. The second-order valence-electron chi connectivity index (χ2n) is 5.94. The smallest absolute Gasteiger partial charge is 0.326 e. The summed E-state index contributed by atoms with van der Waals surface area (Å²) >= 11 is 13.7. The van der Waals surface area contributed by atoms with Gasteiger partial charge in [-0.15, -0.1) is 0 Å². The van der Waals surface area contributed by atoms with Crippen molar-refractivity contribution in [2.45, 2.75) is 13.5 Å². The Kier molecular flexibility index (Phi) is 7.02. The van der Waals surface area contributed by atoms with E-state index in [9.17, 15) is 9.59 Å². The lowest BCUT2D eigenvalue weighted by atomic mass is 10.2. The zero-order chi connectivity index (χ0) is 21.8. The summed E-state index contributed by atoms with van der Waals surface area (Å²) in [6, 6.07) is 8.33. The number of methoxy groups -OCH3 is 2. The van der Waals surface area contributed by atoms with Gasteiger partial charge in [0.05, 0.1) is 46.7 Å². The normalized spacial score (nSPS) is 11.6. The van der Waals surface area contributed by atoms with Crippen LogP contribution >= 0.6 is 34.5 Å². The third-order valence-electron chi connectivity index (χ3n) is 4.16. The van der Waals surface area contributed by atoms with E-state index in [0.717, 1.165) is 4.70 Å². The first-order valence-corrected chi connectivity index (χ1v) is 10.4. The number of carbonyl (C=O) groups excluding carboxylic acids is 2. The first kappa shape index (κ1) is 22.1. The largest absolute Gasteiger partial charge is 0.493 e. The summed E-state index contributed by atoms with van der Waals surface area (Å²) in [7, 11) is 2.92. The van der Waals surface area contributed by atoms with Crippen LogP contribution < -0.4 is 14.3 Å². The van der Waals surface area contributed by atoms with Crippen molar-refractivity contribution < 1.29 is 23.8 Å². The van der Waals surface area contributed by atoms with E-state index in [-0.39, 0.29) is 34.3 Å². The van der Waals surface area contributed by atoms with Gasteiger partial charge in [0.15, 0.2) is 16.3 Å². The fourth-order valence-corrected chi connectivity index (χ4v) is 4.39. The molecule has 10 heteroatoms. The Hall–Kier alpha value is -2.55. The van der Waals surface area contributed by atoms with Gasteiger partial charge in [0.1, 0.15) is 6.54 Å². The molecule has 0 spiro atoms. The van der Waals surface area contributed by atoms with Crippen molar-refractivity contribution >= 4 is 56.6 Å². The van der Waals surface area contributed by atoms with Crippen LogP contribution in [0.15, 0.2) is 35.3 Å². The maximum absolute atomic E-state index is 13.0. The lowest BCUT2D eigenvalue weighted by Crippen LogP contribution is -2.23. The van der Waals surface area contributed by atoms with Crippen molar-refractivity contribution in [3.8, 4) is 11.5 Å². The van der Waals surface area contributed by atoms with Crippen molar-refractivity contribution in [1.82, 2.24) is 4.57 Å². The summed E-state index contributed by atoms with van der Waals surface area (Å²) in [5, 5.41) is 0.592. The minimum absolute atomic E-state index is 0.171. The molecule has 0 unspecified atom stereocenters. The molecule has 0 atom stereocenters. The van der Waals surface area contributed by atoms with E-state index in [1.807, 2.05) is 0 Å². The van der Waals surface area contributed by atoms with Crippen molar-refractivity contribution in [3.05, 3.63) is 50.7 Å². The zero-order valence-corrected chi connectivity index (χ0v) is 18.7. The number of nitrogens with zero attached hydrogens (tertiary/aromatic N) is 2. The summed E-state index contributed by atoms with van der Waals surface area (Å²) in [4.78, 5) is 29.6. The van der Waals surface area contributed by atoms with Crippen LogP contribution in [-0.2, 0) is 16.1 Å². The number of benzene rings is 2. The first-order chi connectivity index (χ1) is 14.4. The van der Waals surface area contributed by atoms with E-state index in [0.29, 0.717) is 16.3 Å². The average Bonchev–Trinajstić information content (AvgIpc) is 3.07. The number of hydrogen-bond acceptors (Lipinski definition) is 6. The van der Waals surface area contributed by atoms with Crippen LogP contribution in [-0.4, -0.2) is 37.3 Å². The standard InChI is InChI=1S/C20H18Cl2N2O5S/c1-4-29-15(25)10-24-17-14(9-8-12(21)16(17)22)30-20(24)23-19(26)11-6-5-7-13(27-2)18(11)28-3/h5-9H,4,10H2,1-3H3. The first-order valence-electron chi connectivity index (χ1n) is 8.84. The maximum Gasteiger partial charge on any atom is 0.326 e. The highest BCUT2D eigenvalue weighted by molar-refractivity contribution is 7.16. The van der Waals surface area contributed by atoms with E-state index in [1.165, 1.54) is 30.1 Å². The number of halogens is 2. The number of esters is 1. The van der Waals surface area contributed by atoms with Crippen LogP contribution in [0, 0.1) is 0 Å². The molecule has 3 aromatic rings. The molecule has 3 rings (SSSR count). The Morgan fingerprint density at radius 2 is 1.90 bits per heavy atom. The SMILES string of the molecule is CCOC(=O)Cn1c(=NC(=O)c2cccc(OC)c2OC)sc2ccc(Cl)c(Cl)c21. The Labute approximate surface area is 186 Å². The van der Waals surface area contributed by atoms with Gasteiger partial charge >= 0.3 is 5.97 Å². The molecule has 1 heterocycles. The predicted molar refractivity (Wildman–Crippen MR) is 116 cm³/mol. The Bertz CT molecular complexity index is 1190. The van der Waals surface area contributed by atoms with Crippen LogP contribution in [0.5, 0.6) is 11.5 Å². The molecular formula is C20H18Cl2N2O5S. The van der Waals surface area contributed by atoms with E-state index in [2.05, 4.69) is 4.99 Å². The van der Waals surface area contributed by atoms with Crippen molar-refractivity contribution in [2.75, 3.05) is 20.8 Å². The minimum atomic E-state index is -0.558. The van der Waals surface area contributed by atoms with Crippen LogP contribution in [0.4, 0.5) is 0 Å². The third-order valence-corrected chi connectivity index (χ3v) is 6.00. The van der Waals surface area contributed by atoms with Gasteiger partial charge in [-0.1, -0.05) is 40.6 Å². The molecular weight excluding hydrogens is 451 g/mol. The summed E-state index contributed by atoms with van der Waals surface area (Å²) in [6.07, 6.45) is 0. The van der Waals surface area contributed by atoms with Crippen LogP contribution in [0.25, 0.3) is 10.2 Å². The van der Waals surface area contributed by atoms with Crippen LogP contribution in [0.2, 0.25) is 10.0 Å². The maximum atomic E-state index is 13.0. The van der Waals surface area contributed by atoms with Crippen LogP contribution in [0.1, 0.15) is 17.3 Å². The quantitative estimate of drug-likeness (QED) is 0.503. The third kappa shape index (κ3) is 4.30. The van der Waals surface area contributed by atoms with Gasteiger partial charge in [0.2, 0.25) is 0 Å². The zero-order valence-electron chi connectivity index (χ0n) is 16.4. The fourth-order valence-electron chi connectivity index (χ4n) is 2.87. The molecule has 0 radical (unpaired) electrons. The van der Waals surface area contributed by atoms with Gasteiger partial charge in [-0.2, -0.15) is 4.99 Å². The molecule has 0 N–H and O–H groups in total. The molecule has 1 amide bonds. The monoisotopic (exact) mass is 468 g/mol. The molecule has 7 nitrogen and oxygen atoms in total. The van der Waals surface area contributed by atoms with Gasteiger partial charge in [0.25, 0.3) is 5.91 Å². The number of aromatic nitrogens is 1. The van der Waals surface area contributed by atoms with Gasteiger partial charge in [-0.05, 0) is 31.2 Å². The molecule has 1 aromatic heterocycles. The van der Waals surface area contributed by atoms with Crippen molar-refractivity contribution in [2.24, 2.45) is 4.99 Å². The Morgan fingerprint density at radius 3 is 2.57 bits per heavy atom. The number of carbonyl (C=O) groups is 2. The molecule has 0 bridgehead atoms. The van der Waals surface area contributed by atoms with Gasteiger partial charge in [-0.3, -0.25) is 9.59 Å². The van der Waals surface area contributed by atoms with E-state index >= 15 is 0 Å². The summed E-state index contributed by atoms with van der Waals surface area (Å²) in [5.74, 6) is -0.366. The number of para-hydroxylation sites is 1. The lowest BCUT2D eigenvalue weighted by molar-refractivity contribution is -0.143. The number of thiazole rings is 1. The average molecular weight is 469 g/mol. The topological polar surface area (TPSA) is 79.1 Å². The number of rotatable bonds is 6. The molecule has 0 fully saturated rings. The summed E-state index contributed by atoms with van der Waals surface area (Å²) < 4.78 is 17.9.